The van der Waals surface area contributed by atoms with E-state index in [0.717, 1.165) is 27.6 Å². The first kappa shape index (κ1) is 12.6. The van der Waals surface area contributed by atoms with Crippen LogP contribution in [0.15, 0.2) is 6.07 Å². The van der Waals surface area contributed by atoms with Gasteiger partial charge in [0.1, 0.15) is 16.5 Å². The summed E-state index contributed by atoms with van der Waals surface area (Å²) in [6, 6.07) is 2.15. The average molecular weight is 267 g/mol. The number of hydrogen-bond acceptors (Lipinski definition) is 5. The van der Waals surface area contributed by atoms with Gasteiger partial charge in [-0.3, -0.25) is 0 Å². The standard InChI is InChI=1S/C12H17N3S2/c1-4-5-16-7-10-14-11(13-3)9-6-8(2)17-12(9)15-10/h6H,4-5,7H2,1-3H3,(H,13,14,15). The van der Waals surface area contributed by atoms with Crippen LogP contribution in [0.4, 0.5) is 5.82 Å². The van der Waals surface area contributed by atoms with E-state index in [9.17, 15) is 0 Å². The number of anilines is 1. The quantitative estimate of drug-likeness (QED) is 0.839. The maximum atomic E-state index is 4.62. The highest BCUT2D eigenvalue weighted by Gasteiger charge is 2.09. The van der Waals surface area contributed by atoms with E-state index < -0.39 is 0 Å². The fourth-order valence-corrected chi connectivity index (χ4v) is 3.29. The van der Waals surface area contributed by atoms with Crippen LogP contribution in [0.1, 0.15) is 24.0 Å². The number of aryl methyl sites for hydroxylation is 1. The number of thiophene rings is 1. The molecule has 0 aromatic carbocycles. The van der Waals surface area contributed by atoms with Crippen LogP contribution in [0.2, 0.25) is 0 Å². The third-order valence-electron chi connectivity index (χ3n) is 2.38. The lowest BCUT2D eigenvalue weighted by molar-refractivity contribution is 1.06. The predicted octanol–water partition coefficient (Wildman–Crippen LogP) is 3.68. The third-order valence-corrected chi connectivity index (χ3v) is 4.48. The first-order valence-electron chi connectivity index (χ1n) is 5.77. The zero-order valence-corrected chi connectivity index (χ0v) is 12.0. The van der Waals surface area contributed by atoms with Gasteiger partial charge in [0.05, 0.1) is 11.1 Å². The van der Waals surface area contributed by atoms with Gasteiger partial charge in [0.25, 0.3) is 0 Å². The Bertz CT molecular complexity index is 508. The van der Waals surface area contributed by atoms with Crippen LogP contribution < -0.4 is 5.32 Å². The number of thioether (sulfide) groups is 1. The van der Waals surface area contributed by atoms with Crippen molar-refractivity contribution in [3.8, 4) is 0 Å². The molecule has 3 nitrogen and oxygen atoms in total. The van der Waals surface area contributed by atoms with Gasteiger partial charge in [-0.2, -0.15) is 11.8 Å². The first-order valence-corrected chi connectivity index (χ1v) is 7.74. The number of fused-ring (bicyclic) bond motifs is 1. The van der Waals surface area contributed by atoms with Crippen LogP contribution >= 0.6 is 23.1 Å². The highest BCUT2D eigenvalue weighted by molar-refractivity contribution is 7.98. The molecule has 17 heavy (non-hydrogen) atoms. The van der Waals surface area contributed by atoms with Gasteiger partial charge < -0.3 is 5.32 Å². The normalized spacial score (nSPS) is 11.0. The van der Waals surface area contributed by atoms with E-state index in [0.29, 0.717) is 0 Å². The Kier molecular flexibility index (Phi) is 4.23. The van der Waals surface area contributed by atoms with Crippen LogP contribution in [0.3, 0.4) is 0 Å². The van der Waals surface area contributed by atoms with Crippen molar-refractivity contribution in [2.24, 2.45) is 0 Å². The van der Waals surface area contributed by atoms with Gasteiger partial charge in [0.15, 0.2) is 0 Å². The minimum absolute atomic E-state index is 0.898. The van der Waals surface area contributed by atoms with Crippen molar-refractivity contribution in [3.05, 3.63) is 16.8 Å². The minimum Gasteiger partial charge on any atom is -0.372 e. The van der Waals surface area contributed by atoms with Gasteiger partial charge in [-0.1, -0.05) is 6.92 Å². The summed E-state index contributed by atoms with van der Waals surface area (Å²) in [6.45, 7) is 4.30. The smallest absolute Gasteiger partial charge is 0.142 e. The van der Waals surface area contributed by atoms with Crippen molar-refractivity contribution < 1.29 is 0 Å². The van der Waals surface area contributed by atoms with Crippen molar-refractivity contribution in [2.75, 3.05) is 18.1 Å². The molecule has 0 atom stereocenters. The Morgan fingerprint density at radius 3 is 2.94 bits per heavy atom. The molecule has 0 amide bonds. The predicted molar refractivity (Wildman–Crippen MR) is 78.2 cm³/mol. The summed E-state index contributed by atoms with van der Waals surface area (Å²) in [7, 11) is 1.91. The topological polar surface area (TPSA) is 37.8 Å². The Morgan fingerprint density at radius 1 is 1.41 bits per heavy atom. The second kappa shape index (κ2) is 5.69. The SMILES string of the molecule is CCCSCc1nc(NC)c2cc(C)sc2n1. The van der Waals surface area contributed by atoms with Crippen LogP contribution in [0.25, 0.3) is 10.2 Å². The summed E-state index contributed by atoms with van der Waals surface area (Å²) in [5.41, 5.74) is 0. The van der Waals surface area contributed by atoms with Crippen molar-refractivity contribution in [1.82, 2.24) is 9.97 Å². The van der Waals surface area contributed by atoms with E-state index in [2.05, 4.69) is 35.2 Å². The summed E-state index contributed by atoms with van der Waals surface area (Å²) in [6.07, 6.45) is 1.20. The molecule has 2 rings (SSSR count). The Morgan fingerprint density at radius 2 is 2.24 bits per heavy atom. The molecular weight excluding hydrogens is 250 g/mol. The molecule has 2 aromatic heterocycles. The number of rotatable bonds is 5. The summed E-state index contributed by atoms with van der Waals surface area (Å²) in [5, 5.41) is 4.30. The average Bonchev–Trinajstić information content (AvgIpc) is 2.68. The Labute approximate surface area is 110 Å². The fourth-order valence-electron chi connectivity index (χ4n) is 1.65. The highest BCUT2D eigenvalue weighted by Crippen LogP contribution is 2.28. The number of nitrogens with zero attached hydrogens (tertiary/aromatic N) is 2. The number of hydrogen-bond donors (Lipinski definition) is 1. The lowest BCUT2D eigenvalue weighted by Gasteiger charge is -2.04. The summed E-state index contributed by atoms with van der Waals surface area (Å²) < 4.78 is 0. The van der Waals surface area contributed by atoms with E-state index in [1.807, 2.05) is 18.8 Å². The molecule has 0 aliphatic carbocycles. The van der Waals surface area contributed by atoms with Crippen molar-refractivity contribution in [1.29, 1.82) is 0 Å². The van der Waals surface area contributed by atoms with Gasteiger partial charge in [0, 0.05) is 11.9 Å². The number of nitrogens with one attached hydrogen (secondary N) is 1. The van der Waals surface area contributed by atoms with Crippen LogP contribution in [0, 0.1) is 6.92 Å². The highest BCUT2D eigenvalue weighted by atomic mass is 32.2. The molecule has 1 N–H and O–H groups in total. The van der Waals surface area contributed by atoms with Gasteiger partial charge >= 0.3 is 0 Å². The summed E-state index contributed by atoms with van der Waals surface area (Å²) in [5.74, 6) is 3.95. The minimum atomic E-state index is 0.898. The third kappa shape index (κ3) is 2.90. The molecule has 0 bridgehead atoms. The molecule has 0 saturated carbocycles. The molecule has 0 unspecified atom stereocenters. The molecule has 92 valence electrons. The fraction of sp³-hybridized carbons (Fsp3) is 0.500. The zero-order valence-electron chi connectivity index (χ0n) is 10.4. The molecule has 0 spiro atoms. The molecule has 0 radical (unpaired) electrons. The van der Waals surface area contributed by atoms with E-state index in [-0.39, 0.29) is 0 Å². The second-order valence-electron chi connectivity index (χ2n) is 3.87. The lowest BCUT2D eigenvalue weighted by Crippen LogP contribution is -1.99. The van der Waals surface area contributed by atoms with E-state index in [4.69, 9.17) is 0 Å². The monoisotopic (exact) mass is 267 g/mol. The van der Waals surface area contributed by atoms with Crippen LogP contribution in [-0.2, 0) is 5.75 Å². The van der Waals surface area contributed by atoms with E-state index in [1.54, 1.807) is 11.3 Å². The van der Waals surface area contributed by atoms with Crippen molar-refractivity contribution >= 4 is 39.1 Å². The van der Waals surface area contributed by atoms with E-state index >= 15 is 0 Å². The van der Waals surface area contributed by atoms with Crippen LogP contribution in [0.5, 0.6) is 0 Å². The molecule has 2 aromatic rings. The van der Waals surface area contributed by atoms with Gasteiger partial charge in [-0.25, -0.2) is 9.97 Å². The van der Waals surface area contributed by atoms with Gasteiger partial charge in [0.2, 0.25) is 0 Å². The summed E-state index contributed by atoms with van der Waals surface area (Å²) in [4.78, 5) is 11.6. The van der Waals surface area contributed by atoms with Crippen LogP contribution in [-0.4, -0.2) is 22.8 Å². The Hall–Kier alpha value is -0.810. The second-order valence-corrected chi connectivity index (χ2v) is 6.21. The molecule has 0 saturated heterocycles. The zero-order chi connectivity index (χ0) is 12.3. The molecule has 0 fully saturated rings. The first-order chi connectivity index (χ1) is 8.24. The maximum Gasteiger partial charge on any atom is 0.142 e. The molecular formula is C12H17N3S2. The molecule has 2 heterocycles. The molecule has 5 heteroatoms. The molecule has 0 aliphatic rings. The molecule has 0 aliphatic heterocycles. The van der Waals surface area contributed by atoms with Crippen molar-refractivity contribution in [2.45, 2.75) is 26.0 Å². The maximum absolute atomic E-state index is 4.62. The van der Waals surface area contributed by atoms with Gasteiger partial charge in [-0.05, 0) is 25.2 Å². The van der Waals surface area contributed by atoms with Gasteiger partial charge in [-0.15, -0.1) is 11.3 Å². The Balaban J connectivity index is 2.31. The number of aromatic nitrogens is 2. The lowest BCUT2D eigenvalue weighted by atomic mass is 10.3. The van der Waals surface area contributed by atoms with Crippen molar-refractivity contribution in [3.63, 3.8) is 0 Å². The largest absolute Gasteiger partial charge is 0.372 e. The van der Waals surface area contributed by atoms with E-state index in [1.165, 1.54) is 17.1 Å². The summed E-state index contributed by atoms with van der Waals surface area (Å²) >= 11 is 3.63.